The average Bonchev–Trinajstić information content (AvgIpc) is 3.41. The molecule has 0 saturated carbocycles. The Morgan fingerprint density at radius 2 is 1.63 bits per heavy atom. The van der Waals surface area contributed by atoms with Crippen LogP contribution in [0.4, 0.5) is 9.52 Å². The van der Waals surface area contributed by atoms with Gasteiger partial charge in [-0.3, -0.25) is 14.5 Å². The van der Waals surface area contributed by atoms with Gasteiger partial charge in [-0.2, -0.15) is 0 Å². The van der Waals surface area contributed by atoms with E-state index < -0.39 is 23.5 Å². The lowest BCUT2D eigenvalue weighted by Gasteiger charge is -2.23. The van der Waals surface area contributed by atoms with Crippen molar-refractivity contribution in [3.05, 3.63) is 89.2 Å². The number of benzene rings is 3. The molecule has 1 aliphatic rings. The molecule has 7 nitrogen and oxygen atoms in total. The fraction of sp³-hybridized carbons (Fsp3) is 0.115. The molecule has 1 fully saturated rings. The molecule has 0 aliphatic carbocycles. The number of halogens is 1. The summed E-state index contributed by atoms with van der Waals surface area (Å²) in [5, 5.41) is 11.4. The molecule has 35 heavy (non-hydrogen) atoms. The van der Waals surface area contributed by atoms with Gasteiger partial charge in [-0.1, -0.05) is 23.5 Å². The number of ketones is 1. The summed E-state index contributed by atoms with van der Waals surface area (Å²) in [6.07, 6.45) is 0. The Morgan fingerprint density at radius 1 is 0.971 bits per heavy atom. The van der Waals surface area contributed by atoms with Crippen molar-refractivity contribution in [1.29, 1.82) is 0 Å². The van der Waals surface area contributed by atoms with E-state index in [1.807, 2.05) is 0 Å². The van der Waals surface area contributed by atoms with Gasteiger partial charge in [0.25, 0.3) is 5.78 Å². The highest BCUT2D eigenvalue weighted by atomic mass is 32.1. The standard InChI is InChI=1S/C26H19FN2O5S/c1-33-17-9-5-15(6-10-17)23(30)21-22(14-3-7-16(27)8-4-14)29(25(32)24(21)31)26-28-19-12-11-18(34-2)13-20(19)35-26/h3-13,22,30H,1-2H3/t22-/m0/s1. The first-order valence-electron chi connectivity index (χ1n) is 10.6. The highest BCUT2D eigenvalue weighted by molar-refractivity contribution is 7.22. The van der Waals surface area contributed by atoms with Crippen LogP contribution in [0.25, 0.3) is 16.0 Å². The summed E-state index contributed by atoms with van der Waals surface area (Å²) in [5.74, 6) is -1.30. The summed E-state index contributed by atoms with van der Waals surface area (Å²) in [6.45, 7) is 0. The number of aliphatic hydroxyl groups excluding tert-OH is 1. The fourth-order valence-corrected chi connectivity index (χ4v) is 5.04. The topological polar surface area (TPSA) is 89.0 Å². The van der Waals surface area contributed by atoms with Gasteiger partial charge < -0.3 is 14.6 Å². The van der Waals surface area contributed by atoms with Crippen LogP contribution >= 0.6 is 11.3 Å². The summed E-state index contributed by atoms with van der Waals surface area (Å²) < 4.78 is 24.9. The number of amides is 1. The molecule has 1 atom stereocenters. The zero-order valence-corrected chi connectivity index (χ0v) is 19.5. The van der Waals surface area contributed by atoms with Crippen molar-refractivity contribution < 1.29 is 28.6 Å². The molecule has 9 heteroatoms. The number of Topliss-reactive ketones (excluding diaryl/α,β-unsaturated/α-hetero) is 1. The van der Waals surface area contributed by atoms with Gasteiger partial charge in [-0.25, -0.2) is 9.37 Å². The van der Waals surface area contributed by atoms with Gasteiger partial charge in [0.15, 0.2) is 5.13 Å². The van der Waals surface area contributed by atoms with Crippen LogP contribution in [-0.2, 0) is 9.59 Å². The van der Waals surface area contributed by atoms with Crippen LogP contribution in [0.15, 0.2) is 72.3 Å². The van der Waals surface area contributed by atoms with E-state index in [-0.39, 0.29) is 16.5 Å². The number of carbonyl (C=O) groups excluding carboxylic acids is 2. The average molecular weight is 491 g/mol. The van der Waals surface area contributed by atoms with Crippen molar-refractivity contribution in [3.8, 4) is 11.5 Å². The van der Waals surface area contributed by atoms with Gasteiger partial charge in [-0.15, -0.1) is 0 Å². The summed E-state index contributed by atoms with van der Waals surface area (Å²) >= 11 is 1.21. The van der Waals surface area contributed by atoms with Crippen LogP contribution in [0.5, 0.6) is 11.5 Å². The molecule has 0 unspecified atom stereocenters. The molecule has 0 bridgehead atoms. The summed E-state index contributed by atoms with van der Waals surface area (Å²) in [5.41, 5.74) is 1.31. The number of anilines is 1. The highest BCUT2D eigenvalue weighted by Gasteiger charge is 2.48. The summed E-state index contributed by atoms with van der Waals surface area (Å²) in [4.78, 5) is 32.3. The maximum Gasteiger partial charge on any atom is 0.301 e. The number of carbonyl (C=O) groups is 2. The number of fused-ring (bicyclic) bond motifs is 1. The normalized spacial score (nSPS) is 17.2. The van der Waals surface area contributed by atoms with Crippen LogP contribution in [-0.4, -0.2) is 36.0 Å². The first kappa shape index (κ1) is 22.5. The number of thiazole rings is 1. The minimum Gasteiger partial charge on any atom is -0.507 e. The molecule has 0 radical (unpaired) electrons. The van der Waals surface area contributed by atoms with Crippen molar-refractivity contribution in [1.82, 2.24) is 4.98 Å². The molecule has 0 spiro atoms. The molecular weight excluding hydrogens is 471 g/mol. The second-order valence-electron chi connectivity index (χ2n) is 7.78. The van der Waals surface area contributed by atoms with E-state index >= 15 is 0 Å². The number of hydrogen-bond donors (Lipinski definition) is 1. The minimum atomic E-state index is -1.000. The Hall–Kier alpha value is -4.24. The number of methoxy groups -OCH3 is 2. The van der Waals surface area contributed by atoms with E-state index in [0.717, 1.165) is 4.70 Å². The maximum atomic E-state index is 13.7. The van der Waals surface area contributed by atoms with Gasteiger partial charge in [-0.05, 0) is 60.2 Å². The molecule has 1 aliphatic heterocycles. The van der Waals surface area contributed by atoms with Crippen molar-refractivity contribution in [2.75, 3.05) is 19.1 Å². The molecule has 1 N–H and O–H groups in total. The summed E-state index contributed by atoms with van der Waals surface area (Å²) in [7, 11) is 3.07. The van der Waals surface area contributed by atoms with Gasteiger partial charge in [0.1, 0.15) is 23.1 Å². The molecule has 176 valence electrons. The minimum absolute atomic E-state index is 0.108. The van der Waals surface area contributed by atoms with Crippen LogP contribution in [0, 0.1) is 5.82 Å². The van der Waals surface area contributed by atoms with Gasteiger partial charge in [0.2, 0.25) is 0 Å². The van der Waals surface area contributed by atoms with Gasteiger partial charge in [0, 0.05) is 5.56 Å². The molecule has 1 amide bonds. The smallest absolute Gasteiger partial charge is 0.301 e. The summed E-state index contributed by atoms with van der Waals surface area (Å²) in [6, 6.07) is 16.2. The van der Waals surface area contributed by atoms with Crippen molar-refractivity contribution in [3.63, 3.8) is 0 Å². The predicted octanol–water partition coefficient (Wildman–Crippen LogP) is 5.08. The second kappa shape index (κ2) is 8.84. The molecule has 1 aromatic heterocycles. The number of rotatable bonds is 5. The molecule has 2 heterocycles. The van der Waals surface area contributed by atoms with Gasteiger partial charge in [0.05, 0.1) is 36.1 Å². The van der Waals surface area contributed by atoms with E-state index in [2.05, 4.69) is 4.98 Å². The Morgan fingerprint density at radius 3 is 2.29 bits per heavy atom. The SMILES string of the molecule is COc1ccc(C(O)=C2C(=O)C(=O)N(c3nc4ccc(OC)cc4s3)[C@H]2c2ccc(F)cc2)cc1. The van der Waals surface area contributed by atoms with E-state index in [9.17, 15) is 19.1 Å². The molecule has 5 rings (SSSR count). The third-order valence-electron chi connectivity index (χ3n) is 5.78. The van der Waals surface area contributed by atoms with E-state index in [0.29, 0.717) is 28.1 Å². The highest BCUT2D eigenvalue weighted by Crippen LogP contribution is 2.44. The fourth-order valence-electron chi connectivity index (χ4n) is 4.02. The third-order valence-corrected chi connectivity index (χ3v) is 6.80. The molecule has 4 aromatic rings. The number of aliphatic hydroxyl groups is 1. The Balaban J connectivity index is 1.69. The first-order valence-corrected chi connectivity index (χ1v) is 11.4. The predicted molar refractivity (Wildman–Crippen MR) is 130 cm³/mol. The number of hydrogen-bond acceptors (Lipinski definition) is 7. The van der Waals surface area contributed by atoms with E-state index in [4.69, 9.17) is 9.47 Å². The quantitative estimate of drug-likeness (QED) is 0.239. The lowest BCUT2D eigenvalue weighted by atomic mass is 9.95. The Bertz CT molecular complexity index is 1480. The number of nitrogens with zero attached hydrogens (tertiary/aromatic N) is 2. The number of aromatic nitrogens is 1. The first-order chi connectivity index (χ1) is 16.9. The zero-order valence-electron chi connectivity index (χ0n) is 18.7. The monoisotopic (exact) mass is 490 g/mol. The second-order valence-corrected chi connectivity index (χ2v) is 8.79. The molecule has 3 aromatic carbocycles. The Kier molecular flexibility index (Phi) is 5.70. The molecule has 1 saturated heterocycles. The zero-order chi connectivity index (χ0) is 24.7. The van der Waals surface area contributed by atoms with Crippen LogP contribution in [0.2, 0.25) is 0 Å². The van der Waals surface area contributed by atoms with Crippen molar-refractivity contribution in [2.45, 2.75) is 6.04 Å². The lowest BCUT2D eigenvalue weighted by Crippen LogP contribution is -2.29. The van der Waals surface area contributed by atoms with Crippen LogP contribution < -0.4 is 14.4 Å². The van der Waals surface area contributed by atoms with Crippen LogP contribution in [0.3, 0.4) is 0 Å². The third kappa shape index (κ3) is 3.89. The van der Waals surface area contributed by atoms with Crippen molar-refractivity contribution in [2.24, 2.45) is 0 Å². The van der Waals surface area contributed by atoms with Gasteiger partial charge >= 0.3 is 5.91 Å². The van der Waals surface area contributed by atoms with Crippen molar-refractivity contribution >= 4 is 44.1 Å². The lowest BCUT2D eigenvalue weighted by molar-refractivity contribution is -0.132. The van der Waals surface area contributed by atoms with E-state index in [1.54, 1.807) is 49.6 Å². The number of ether oxygens (including phenoxy) is 2. The van der Waals surface area contributed by atoms with E-state index in [1.165, 1.54) is 47.6 Å². The molecular formula is C26H19FN2O5S. The van der Waals surface area contributed by atoms with Crippen LogP contribution in [0.1, 0.15) is 17.2 Å². The largest absolute Gasteiger partial charge is 0.507 e. The Labute approximate surface area is 203 Å². The maximum absolute atomic E-state index is 13.7.